The van der Waals surface area contributed by atoms with Gasteiger partial charge in [-0.2, -0.15) is 0 Å². The van der Waals surface area contributed by atoms with Crippen LogP contribution in [0.4, 0.5) is 4.39 Å². The summed E-state index contributed by atoms with van der Waals surface area (Å²) in [6.07, 6.45) is 0.920. The topological polar surface area (TPSA) is 93.3 Å². The maximum Gasteiger partial charge on any atom is 0.173 e. The van der Waals surface area contributed by atoms with Crippen LogP contribution in [0.3, 0.4) is 0 Å². The van der Waals surface area contributed by atoms with Crippen LogP contribution >= 0.6 is 0 Å². The van der Waals surface area contributed by atoms with Gasteiger partial charge in [0.2, 0.25) is 0 Å². The Kier molecular flexibility index (Phi) is 4.14. The van der Waals surface area contributed by atoms with Gasteiger partial charge < -0.3 is 14.9 Å². The molecule has 7 nitrogen and oxygen atoms in total. The van der Waals surface area contributed by atoms with Crippen molar-refractivity contribution in [3.63, 3.8) is 0 Å². The molecule has 0 saturated carbocycles. The number of rotatable bonds is 5. The second-order valence-corrected chi connectivity index (χ2v) is 5.15. The molecule has 0 bridgehead atoms. The molecule has 2 aromatic rings. The molecule has 1 fully saturated rings. The summed E-state index contributed by atoms with van der Waals surface area (Å²) in [5.41, 5.74) is 1.76. The van der Waals surface area contributed by atoms with Crippen LogP contribution in [0.25, 0.3) is 11.2 Å². The van der Waals surface area contributed by atoms with Gasteiger partial charge in [-0.15, -0.1) is 6.58 Å². The average molecular weight is 308 g/mol. The van der Waals surface area contributed by atoms with Crippen molar-refractivity contribution in [1.29, 1.82) is 0 Å². The smallest absolute Gasteiger partial charge is 0.173 e. The van der Waals surface area contributed by atoms with Crippen LogP contribution in [-0.2, 0) is 11.2 Å². The Bertz CT molecular complexity index is 677. The molecule has 8 heteroatoms. The minimum Gasteiger partial charge on any atom is -0.394 e. The molecule has 1 aliphatic heterocycles. The third kappa shape index (κ3) is 2.39. The van der Waals surface area contributed by atoms with E-state index in [9.17, 15) is 9.50 Å². The van der Waals surface area contributed by atoms with Crippen molar-refractivity contribution in [2.24, 2.45) is 0 Å². The molecule has 1 unspecified atom stereocenters. The summed E-state index contributed by atoms with van der Waals surface area (Å²) in [6.45, 7) is 3.22. The predicted molar refractivity (Wildman–Crippen MR) is 75.7 cm³/mol. The summed E-state index contributed by atoms with van der Waals surface area (Å²) < 4.78 is 21.0. The van der Waals surface area contributed by atoms with Crippen LogP contribution in [0.15, 0.2) is 25.3 Å². The van der Waals surface area contributed by atoms with Gasteiger partial charge in [-0.25, -0.2) is 19.3 Å². The summed E-state index contributed by atoms with van der Waals surface area (Å²) in [4.78, 5) is 12.6. The Morgan fingerprint density at radius 1 is 1.41 bits per heavy atom. The molecule has 0 radical (unpaired) electrons. The summed E-state index contributed by atoms with van der Waals surface area (Å²) in [5, 5.41) is 18.8. The third-order valence-corrected chi connectivity index (χ3v) is 3.77. The van der Waals surface area contributed by atoms with E-state index in [1.54, 1.807) is 6.08 Å². The lowest BCUT2D eigenvalue weighted by Crippen LogP contribution is -2.30. The van der Waals surface area contributed by atoms with Gasteiger partial charge in [-0.3, -0.25) is 4.57 Å². The largest absolute Gasteiger partial charge is 0.394 e. The number of aromatic nitrogens is 4. The molecule has 0 spiro atoms. The highest BCUT2D eigenvalue weighted by Gasteiger charge is 2.45. The van der Waals surface area contributed by atoms with E-state index in [0.29, 0.717) is 17.6 Å². The summed E-state index contributed by atoms with van der Waals surface area (Å²) in [5.74, 6) is 0. The van der Waals surface area contributed by atoms with E-state index in [1.807, 2.05) is 0 Å². The van der Waals surface area contributed by atoms with Gasteiger partial charge in [0.25, 0.3) is 0 Å². The first-order valence-corrected chi connectivity index (χ1v) is 7.03. The van der Waals surface area contributed by atoms with Gasteiger partial charge in [-0.1, -0.05) is 6.08 Å². The van der Waals surface area contributed by atoms with Crippen LogP contribution in [0.5, 0.6) is 0 Å². The SMILES string of the molecule is C=CCCc1ncnc2c1ncn2[C@@H]1OC(CO)[C@@H](O)[C@H]1F. The molecule has 4 atom stereocenters. The van der Waals surface area contributed by atoms with Crippen molar-refractivity contribution in [3.05, 3.63) is 31.0 Å². The van der Waals surface area contributed by atoms with E-state index in [1.165, 1.54) is 17.2 Å². The zero-order valence-corrected chi connectivity index (χ0v) is 11.8. The van der Waals surface area contributed by atoms with Crippen molar-refractivity contribution in [2.45, 2.75) is 37.4 Å². The number of aryl methyl sites for hydroxylation is 1. The molecule has 0 aliphatic carbocycles. The van der Waals surface area contributed by atoms with Crippen molar-refractivity contribution >= 4 is 11.2 Å². The molecular weight excluding hydrogens is 291 g/mol. The molecule has 1 aliphatic rings. The molecule has 3 rings (SSSR count). The number of allylic oxidation sites excluding steroid dienone is 1. The average Bonchev–Trinajstić information content (AvgIpc) is 3.08. The second-order valence-electron chi connectivity index (χ2n) is 5.15. The maximum absolute atomic E-state index is 14.2. The maximum atomic E-state index is 14.2. The Hall–Kier alpha value is -1.90. The lowest BCUT2D eigenvalue weighted by molar-refractivity contribution is -0.0459. The van der Waals surface area contributed by atoms with Gasteiger partial charge in [-0.05, 0) is 12.8 Å². The number of halogens is 1. The van der Waals surface area contributed by atoms with Gasteiger partial charge in [0.05, 0.1) is 18.6 Å². The summed E-state index contributed by atoms with van der Waals surface area (Å²) in [6, 6.07) is 0. The number of alkyl halides is 1. The number of hydrogen-bond donors (Lipinski definition) is 2. The molecule has 0 aromatic carbocycles. The molecular formula is C14H17FN4O3. The Labute approximate surface area is 126 Å². The number of ether oxygens (including phenoxy) is 1. The zero-order chi connectivity index (χ0) is 15.7. The monoisotopic (exact) mass is 308 g/mol. The highest BCUT2D eigenvalue weighted by molar-refractivity contribution is 5.73. The number of fused-ring (bicyclic) bond motifs is 1. The quantitative estimate of drug-likeness (QED) is 0.783. The molecule has 2 N–H and O–H groups in total. The first kappa shape index (κ1) is 15.0. The molecule has 118 valence electrons. The van der Waals surface area contributed by atoms with Crippen LogP contribution < -0.4 is 0 Å². The van der Waals surface area contributed by atoms with Crippen LogP contribution in [0.2, 0.25) is 0 Å². The van der Waals surface area contributed by atoms with Gasteiger partial charge in [0, 0.05) is 0 Å². The van der Waals surface area contributed by atoms with Crippen LogP contribution in [0.1, 0.15) is 18.3 Å². The van der Waals surface area contributed by atoms with E-state index in [4.69, 9.17) is 9.84 Å². The molecule has 0 amide bonds. The number of aliphatic hydroxyl groups is 2. The lowest BCUT2D eigenvalue weighted by Gasteiger charge is -2.15. The standard InChI is InChI=1S/C14H17FN4O3/c1-2-3-4-8-11-13(17-6-16-8)19(7-18-11)14-10(15)12(21)9(5-20)22-14/h2,6-7,9-10,12,14,20-21H,1,3-5H2/t9?,10-,12-,14-/m1/s1. The van der Waals surface area contributed by atoms with E-state index in [0.717, 1.165) is 12.1 Å². The van der Waals surface area contributed by atoms with Crippen molar-refractivity contribution in [3.8, 4) is 0 Å². The fraction of sp³-hybridized carbons (Fsp3) is 0.500. The lowest BCUT2D eigenvalue weighted by atomic mass is 10.1. The van der Waals surface area contributed by atoms with E-state index < -0.39 is 31.2 Å². The fourth-order valence-corrected chi connectivity index (χ4v) is 2.59. The van der Waals surface area contributed by atoms with Crippen molar-refractivity contribution in [1.82, 2.24) is 19.5 Å². The van der Waals surface area contributed by atoms with Crippen LogP contribution in [0, 0.1) is 0 Å². The zero-order valence-electron chi connectivity index (χ0n) is 11.8. The summed E-state index contributed by atoms with van der Waals surface area (Å²) in [7, 11) is 0. The second kappa shape index (κ2) is 6.07. The minimum atomic E-state index is -1.67. The van der Waals surface area contributed by atoms with Gasteiger partial charge in [0.1, 0.15) is 24.1 Å². The molecule has 22 heavy (non-hydrogen) atoms. The first-order valence-electron chi connectivity index (χ1n) is 7.03. The predicted octanol–water partition coefficient (Wildman–Crippen LogP) is 0.534. The van der Waals surface area contributed by atoms with E-state index >= 15 is 0 Å². The third-order valence-electron chi connectivity index (χ3n) is 3.77. The minimum absolute atomic E-state index is 0.438. The van der Waals surface area contributed by atoms with Gasteiger partial charge >= 0.3 is 0 Å². The van der Waals surface area contributed by atoms with Gasteiger partial charge in [0.15, 0.2) is 18.0 Å². The normalized spacial score (nSPS) is 28.3. The Morgan fingerprint density at radius 2 is 2.23 bits per heavy atom. The Balaban J connectivity index is 1.97. The number of hydrogen-bond acceptors (Lipinski definition) is 6. The number of imidazole rings is 1. The summed E-state index contributed by atoms with van der Waals surface area (Å²) >= 11 is 0. The van der Waals surface area contributed by atoms with Crippen molar-refractivity contribution < 1.29 is 19.3 Å². The molecule has 2 aromatic heterocycles. The molecule has 3 heterocycles. The van der Waals surface area contributed by atoms with E-state index in [2.05, 4.69) is 21.5 Å². The van der Waals surface area contributed by atoms with E-state index in [-0.39, 0.29) is 0 Å². The van der Waals surface area contributed by atoms with Crippen molar-refractivity contribution in [2.75, 3.05) is 6.61 Å². The highest BCUT2D eigenvalue weighted by atomic mass is 19.1. The number of nitrogens with zero attached hydrogens (tertiary/aromatic N) is 4. The Morgan fingerprint density at radius 3 is 2.91 bits per heavy atom. The highest BCUT2D eigenvalue weighted by Crippen LogP contribution is 2.33. The first-order chi connectivity index (χ1) is 10.7. The fourth-order valence-electron chi connectivity index (χ4n) is 2.59. The van der Waals surface area contributed by atoms with Crippen LogP contribution in [-0.4, -0.2) is 54.7 Å². The molecule has 1 saturated heterocycles. The number of aliphatic hydroxyl groups excluding tert-OH is 2.